The minimum atomic E-state index is 0.985. The largest absolute Gasteiger partial charge is 0.355 e. The van der Waals surface area contributed by atoms with Crippen LogP contribution in [0.25, 0.3) is 0 Å². The van der Waals surface area contributed by atoms with Gasteiger partial charge < -0.3 is 5.32 Å². The lowest BCUT2D eigenvalue weighted by Crippen LogP contribution is -2.05. The molecular weight excluding hydrogens is 170 g/mol. The number of rotatable bonds is 0. The zero-order valence-corrected chi connectivity index (χ0v) is 7.75. The number of hydrogen-bond donors (Lipinski definition) is 1. The van der Waals surface area contributed by atoms with Crippen LogP contribution in [0, 0.1) is 6.07 Å². The number of hydrogen-bond acceptors (Lipinski definition) is 1. The Bertz CT molecular complexity index is 387. The zero-order chi connectivity index (χ0) is 9.38. The molecule has 14 heavy (non-hydrogen) atoms. The fourth-order valence-electron chi connectivity index (χ4n) is 1.87. The van der Waals surface area contributed by atoms with Gasteiger partial charge in [-0.1, -0.05) is 30.3 Å². The van der Waals surface area contributed by atoms with E-state index in [2.05, 4.69) is 41.7 Å². The zero-order valence-electron chi connectivity index (χ0n) is 7.75. The van der Waals surface area contributed by atoms with E-state index in [9.17, 15) is 0 Å². The predicted octanol–water partition coefficient (Wildman–Crippen LogP) is 3.13. The summed E-state index contributed by atoms with van der Waals surface area (Å²) >= 11 is 0. The second-order valence-corrected chi connectivity index (χ2v) is 3.52. The molecule has 0 amide bonds. The number of nitrogens with one attached hydrogen (secondary N) is 1. The summed E-state index contributed by atoms with van der Waals surface area (Å²) in [6, 6.07) is 17.8. The fraction of sp³-hybridized carbons (Fsp3) is 0.0769. The van der Waals surface area contributed by atoms with Gasteiger partial charge in [0.2, 0.25) is 0 Å². The summed E-state index contributed by atoms with van der Waals surface area (Å²) in [6.07, 6.45) is 0.985. The van der Waals surface area contributed by atoms with E-state index in [0.717, 1.165) is 6.42 Å². The van der Waals surface area contributed by atoms with Gasteiger partial charge in [-0.3, -0.25) is 0 Å². The Morgan fingerprint density at radius 1 is 1.00 bits per heavy atom. The maximum atomic E-state index is 3.41. The van der Waals surface area contributed by atoms with Crippen LogP contribution in [-0.4, -0.2) is 0 Å². The van der Waals surface area contributed by atoms with Crippen molar-refractivity contribution in [1.82, 2.24) is 0 Å². The third-order valence-electron chi connectivity index (χ3n) is 2.60. The average molecular weight is 180 g/mol. The van der Waals surface area contributed by atoms with Crippen LogP contribution < -0.4 is 5.32 Å². The Labute approximate surface area is 83.4 Å². The molecule has 0 aliphatic carbocycles. The Morgan fingerprint density at radius 3 is 2.86 bits per heavy atom. The molecule has 2 aromatic rings. The van der Waals surface area contributed by atoms with Gasteiger partial charge in [0.25, 0.3) is 0 Å². The van der Waals surface area contributed by atoms with Gasteiger partial charge in [0.05, 0.1) is 0 Å². The van der Waals surface area contributed by atoms with Crippen LogP contribution in [0.5, 0.6) is 0 Å². The van der Waals surface area contributed by atoms with Gasteiger partial charge in [0.1, 0.15) is 0 Å². The molecule has 0 spiro atoms. The molecule has 3 rings (SSSR count). The first-order chi connectivity index (χ1) is 6.93. The maximum Gasteiger partial charge on any atom is 0.0426 e. The molecule has 1 radical (unpaired) electrons. The van der Waals surface area contributed by atoms with E-state index >= 15 is 0 Å². The van der Waals surface area contributed by atoms with Crippen LogP contribution in [0.1, 0.15) is 11.1 Å². The second-order valence-electron chi connectivity index (χ2n) is 3.52. The lowest BCUT2D eigenvalue weighted by Gasteiger charge is -2.20. The molecule has 1 nitrogen and oxygen atoms in total. The van der Waals surface area contributed by atoms with Gasteiger partial charge in [-0.05, 0) is 29.3 Å². The van der Waals surface area contributed by atoms with Crippen molar-refractivity contribution >= 4 is 11.4 Å². The molecule has 0 unspecified atom stereocenters. The van der Waals surface area contributed by atoms with Crippen LogP contribution in [-0.2, 0) is 6.42 Å². The molecule has 0 saturated carbocycles. The first kappa shape index (κ1) is 7.63. The minimum absolute atomic E-state index is 0.985. The second kappa shape index (κ2) is 2.88. The Morgan fingerprint density at radius 2 is 1.86 bits per heavy atom. The summed E-state index contributed by atoms with van der Waals surface area (Å²) in [5.74, 6) is 0. The summed E-state index contributed by atoms with van der Waals surface area (Å²) in [4.78, 5) is 0. The number of benzene rings is 2. The van der Waals surface area contributed by atoms with Gasteiger partial charge in [0, 0.05) is 17.8 Å². The van der Waals surface area contributed by atoms with Gasteiger partial charge in [-0.25, -0.2) is 0 Å². The molecular formula is C13H10N. The quantitative estimate of drug-likeness (QED) is 0.560. The SMILES string of the molecule is [c]1cccc2c1Cc1ccccc1N2. The first-order valence-electron chi connectivity index (χ1n) is 4.78. The summed E-state index contributed by atoms with van der Waals surface area (Å²) in [5, 5.41) is 3.41. The Kier molecular flexibility index (Phi) is 1.57. The predicted molar refractivity (Wildman–Crippen MR) is 57.8 cm³/mol. The standard InChI is InChI=1S/C13H10N/c1-3-7-12-10(5-1)9-11-6-2-4-8-13(11)14-12/h1-5,7-8,14H,9H2. The van der Waals surface area contributed by atoms with Gasteiger partial charge in [0.15, 0.2) is 0 Å². The Hall–Kier alpha value is -1.76. The monoisotopic (exact) mass is 180 g/mol. The number of para-hydroxylation sites is 1. The van der Waals surface area contributed by atoms with E-state index in [0.29, 0.717) is 0 Å². The van der Waals surface area contributed by atoms with Crippen molar-refractivity contribution in [2.75, 3.05) is 5.32 Å². The van der Waals surface area contributed by atoms with E-state index in [-0.39, 0.29) is 0 Å². The summed E-state index contributed by atoms with van der Waals surface area (Å²) in [6.45, 7) is 0. The van der Waals surface area contributed by atoms with Crippen LogP contribution in [0.3, 0.4) is 0 Å². The third kappa shape index (κ3) is 1.10. The van der Waals surface area contributed by atoms with Crippen molar-refractivity contribution in [3.63, 3.8) is 0 Å². The van der Waals surface area contributed by atoms with Crippen molar-refractivity contribution in [2.24, 2.45) is 0 Å². The molecule has 0 fully saturated rings. The molecule has 2 aromatic carbocycles. The van der Waals surface area contributed by atoms with Crippen LogP contribution >= 0.6 is 0 Å². The van der Waals surface area contributed by atoms with Crippen molar-refractivity contribution in [3.8, 4) is 0 Å². The molecule has 1 aliphatic rings. The molecule has 0 aromatic heterocycles. The maximum absolute atomic E-state index is 3.41. The number of anilines is 2. The van der Waals surface area contributed by atoms with E-state index in [4.69, 9.17) is 0 Å². The van der Waals surface area contributed by atoms with Crippen LogP contribution in [0.2, 0.25) is 0 Å². The van der Waals surface area contributed by atoms with E-state index in [1.165, 1.54) is 22.5 Å². The third-order valence-corrected chi connectivity index (χ3v) is 2.60. The molecule has 67 valence electrons. The summed E-state index contributed by atoms with van der Waals surface area (Å²) in [5.41, 5.74) is 5.01. The normalized spacial score (nSPS) is 12.6. The molecule has 1 heterocycles. The lowest BCUT2D eigenvalue weighted by atomic mass is 9.98. The van der Waals surface area contributed by atoms with Crippen molar-refractivity contribution < 1.29 is 0 Å². The van der Waals surface area contributed by atoms with Crippen LogP contribution in [0.15, 0.2) is 42.5 Å². The molecule has 1 aliphatic heterocycles. The summed E-state index contributed by atoms with van der Waals surface area (Å²) in [7, 11) is 0. The van der Waals surface area contributed by atoms with E-state index in [1.54, 1.807) is 0 Å². The van der Waals surface area contributed by atoms with E-state index < -0.39 is 0 Å². The highest BCUT2D eigenvalue weighted by Gasteiger charge is 2.12. The fourth-order valence-corrected chi connectivity index (χ4v) is 1.87. The van der Waals surface area contributed by atoms with Gasteiger partial charge >= 0.3 is 0 Å². The molecule has 0 atom stereocenters. The first-order valence-corrected chi connectivity index (χ1v) is 4.78. The molecule has 0 saturated heterocycles. The summed E-state index contributed by atoms with van der Waals surface area (Å²) < 4.78 is 0. The van der Waals surface area contributed by atoms with Crippen molar-refractivity contribution in [1.29, 1.82) is 0 Å². The molecule has 0 bridgehead atoms. The molecule has 1 heteroatoms. The lowest BCUT2D eigenvalue weighted by molar-refractivity contribution is 1.15. The highest BCUT2D eigenvalue weighted by molar-refractivity contribution is 5.71. The molecule has 1 N–H and O–H groups in total. The smallest absolute Gasteiger partial charge is 0.0426 e. The van der Waals surface area contributed by atoms with Crippen molar-refractivity contribution in [2.45, 2.75) is 6.42 Å². The topological polar surface area (TPSA) is 12.0 Å². The Balaban J connectivity index is 2.12. The highest BCUT2D eigenvalue weighted by atomic mass is 14.9. The van der Waals surface area contributed by atoms with Gasteiger partial charge in [-0.2, -0.15) is 0 Å². The van der Waals surface area contributed by atoms with Crippen LogP contribution in [0.4, 0.5) is 11.4 Å². The van der Waals surface area contributed by atoms with Crippen molar-refractivity contribution in [3.05, 3.63) is 59.7 Å². The minimum Gasteiger partial charge on any atom is -0.355 e. The average Bonchev–Trinajstić information content (AvgIpc) is 2.26. The van der Waals surface area contributed by atoms with Gasteiger partial charge in [-0.15, -0.1) is 0 Å². The van der Waals surface area contributed by atoms with E-state index in [1.807, 2.05) is 12.1 Å². The number of fused-ring (bicyclic) bond motifs is 2. The highest BCUT2D eigenvalue weighted by Crippen LogP contribution is 2.31.